The minimum atomic E-state index is -0.676. The van der Waals surface area contributed by atoms with Gasteiger partial charge in [-0.25, -0.2) is 0 Å². The molecule has 2 amide bonds. The smallest absolute Gasteiger partial charge is 0.253 e. The Morgan fingerprint density at radius 1 is 1.43 bits per heavy atom. The number of nitrogens with one attached hydrogen (secondary N) is 2. The molecule has 0 spiro atoms. The zero-order valence-electron chi connectivity index (χ0n) is 11.9. The summed E-state index contributed by atoms with van der Waals surface area (Å²) in [6, 6.07) is 2.79. The fourth-order valence-corrected chi connectivity index (χ4v) is 2.10. The van der Waals surface area contributed by atoms with Crippen LogP contribution >= 0.6 is 15.9 Å². The second kappa shape index (κ2) is 8.37. The zero-order valence-corrected chi connectivity index (χ0v) is 13.5. The number of pyridine rings is 1. The number of nitrogens with zero attached hydrogens (tertiary/aromatic N) is 2. The molecule has 0 aliphatic carbocycles. The monoisotopic (exact) mass is 352 g/mol. The standard InChI is InChI=1S/C14H17BrN4O2/c1-9(2)5-12(14(21)18-4-3-16)19-13(20)10-6-11(15)8-17-7-10/h6-9,12H,4-5H2,1-2H3,(H,18,21)(H,19,20)/t12-/m0/s1. The van der Waals surface area contributed by atoms with Crippen molar-refractivity contribution in [2.45, 2.75) is 26.3 Å². The molecule has 0 saturated heterocycles. The van der Waals surface area contributed by atoms with E-state index in [1.54, 1.807) is 12.3 Å². The Morgan fingerprint density at radius 2 is 2.14 bits per heavy atom. The molecule has 1 heterocycles. The van der Waals surface area contributed by atoms with Crippen LogP contribution in [0, 0.1) is 17.2 Å². The summed E-state index contributed by atoms with van der Waals surface area (Å²) < 4.78 is 0.685. The molecule has 7 heteroatoms. The Balaban J connectivity index is 2.78. The van der Waals surface area contributed by atoms with Gasteiger partial charge in [-0.1, -0.05) is 13.8 Å². The van der Waals surface area contributed by atoms with E-state index in [9.17, 15) is 9.59 Å². The number of nitriles is 1. The molecule has 0 aliphatic rings. The zero-order chi connectivity index (χ0) is 15.8. The summed E-state index contributed by atoms with van der Waals surface area (Å²) in [4.78, 5) is 28.0. The molecule has 0 aliphatic heterocycles. The molecular weight excluding hydrogens is 336 g/mol. The van der Waals surface area contributed by atoms with E-state index < -0.39 is 6.04 Å². The molecule has 1 atom stereocenters. The Kier molecular flexibility index (Phi) is 6.82. The van der Waals surface area contributed by atoms with Gasteiger partial charge in [0, 0.05) is 16.9 Å². The van der Waals surface area contributed by atoms with E-state index in [-0.39, 0.29) is 24.3 Å². The van der Waals surface area contributed by atoms with Gasteiger partial charge in [0.2, 0.25) is 5.91 Å². The number of carbonyl (C=O) groups excluding carboxylic acids is 2. The summed E-state index contributed by atoms with van der Waals surface area (Å²) in [5.74, 6) is -0.508. The molecule has 21 heavy (non-hydrogen) atoms. The molecule has 0 fully saturated rings. The maximum absolute atomic E-state index is 12.2. The van der Waals surface area contributed by atoms with Crippen molar-refractivity contribution in [3.05, 3.63) is 28.5 Å². The summed E-state index contributed by atoms with van der Waals surface area (Å²) in [6.07, 6.45) is 3.49. The predicted octanol–water partition coefficient (Wildman–Crippen LogP) is 1.63. The molecule has 0 aromatic carbocycles. The Labute approximate surface area is 132 Å². The highest BCUT2D eigenvalue weighted by Gasteiger charge is 2.22. The van der Waals surface area contributed by atoms with Crippen LogP contribution in [0.15, 0.2) is 22.9 Å². The van der Waals surface area contributed by atoms with E-state index in [2.05, 4.69) is 31.5 Å². The SMILES string of the molecule is CC(C)C[C@H](NC(=O)c1cncc(Br)c1)C(=O)NCC#N. The average Bonchev–Trinajstić information content (AvgIpc) is 2.43. The van der Waals surface area contributed by atoms with Gasteiger partial charge >= 0.3 is 0 Å². The average molecular weight is 353 g/mol. The summed E-state index contributed by atoms with van der Waals surface area (Å²) in [6.45, 7) is 3.83. The minimum absolute atomic E-state index is 0.0816. The summed E-state index contributed by atoms with van der Waals surface area (Å²) >= 11 is 3.24. The van der Waals surface area contributed by atoms with Gasteiger partial charge in [0.25, 0.3) is 5.91 Å². The number of carbonyl (C=O) groups is 2. The van der Waals surface area contributed by atoms with Crippen LogP contribution in [0.25, 0.3) is 0 Å². The molecule has 0 bridgehead atoms. The van der Waals surface area contributed by atoms with Crippen molar-refractivity contribution in [1.82, 2.24) is 15.6 Å². The van der Waals surface area contributed by atoms with Crippen molar-refractivity contribution >= 4 is 27.7 Å². The molecule has 2 N–H and O–H groups in total. The third-order valence-corrected chi connectivity index (χ3v) is 3.07. The van der Waals surface area contributed by atoms with Crippen molar-refractivity contribution in [1.29, 1.82) is 5.26 Å². The third kappa shape index (κ3) is 5.92. The van der Waals surface area contributed by atoms with Gasteiger partial charge in [-0.05, 0) is 34.3 Å². The van der Waals surface area contributed by atoms with Crippen molar-refractivity contribution in [2.75, 3.05) is 6.54 Å². The first-order valence-corrected chi connectivity index (χ1v) is 7.29. The first kappa shape index (κ1) is 17.1. The van der Waals surface area contributed by atoms with Crippen LogP contribution in [0.4, 0.5) is 0 Å². The van der Waals surface area contributed by atoms with Gasteiger partial charge in [0.1, 0.15) is 12.6 Å². The Bertz CT molecular complexity index is 554. The van der Waals surface area contributed by atoms with Crippen LogP contribution in [-0.4, -0.2) is 29.4 Å². The number of amides is 2. The highest BCUT2D eigenvalue weighted by Crippen LogP contribution is 2.11. The fourth-order valence-electron chi connectivity index (χ4n) is 1.73. The van der Waals surface area contributed by atoms with Crippen LogP contribution in [-0.2, 0) is 4.79 Å². The van der Waals surface area contributed by atoms with E-state index in [1.165, 1.54) is 6.20 Å². The molecule has 0 unspecified atom stereocenters. The number of rotatable bonds is 6. The van der Waals surface area contributed by atoms with E-state index in [0.717, 1.165) is 0 Å². The maximum Gasteiger partial charge on any atom is 0.253 e. The number of halogens is 1. The van der Waals surface area contributed by atoms with Crippen LogP contribution < -0.4 is 10.6 Å². The molecule has 6 nitrogen and oxygen atoms in total. The minimum Gasteiger partial charge on any atom is -0.341 e. The van der Waals surface area contributed by atoms with Crippen LogP contribution in [0.3, 0.4) is 0 Å². The van der Waals surface area contributed by atoms with Gasteiger partial charge in [0.05, 0.1) is 11.6 Å². The first-order chi connectivity index (χ1) is 9.93. The van der Waals surface area contributed by atoms with Gasteiger partial charge in [-0.2, -0.15) is 5.26 Å². The summed E-state index contributed by atoms with van der Waals surface area (Å²) in [5.41, 5.74) is 0.367. The van der Waals surface area contributed by atoms with Crippen molar-refractivity contribution in [2.24, 2.45) is 5.92 Å². The first-order valence-electron chi connectivity index (χ1n) is 6.50. The van der Waals surface area contributed by atoms with E-state index in [0.29, 0.717) is 16.5 Å². The number of hydrogen-bond donors (Lipinski definition) is 2. The second-order valence-corrected chi connectivity index (χ2v) is 5.84. The topological polar surface area (TPSA) is 94.9 Å². The second-order valence-electron chi connectivity index (χ2n) is 4.92. The lowest BCUT2D eigenvalue weighted by Crippen LogP contribution is -2.47. The Hall–Kier alpha value is -1.94. The quantitative estimate of drug-likeness (QED) is 0.760. The summed E-state index contributed by atoms with van der Waals surface area (Å²) in [5, 5.41) is 13.6. The molecular formula is C14H17BrN4O2. The van der Waals surface area contributed by atoms with E-state index in [4.69, 9.17) is 5.26 Å². The summed E-state index contributed by atoms with van der Waals surface area (Å²) in [7, 11) is 0. The Morgan fingerprint density at radius 3 is 2.71 bits per heavy atom. The molecule has 0 radical (unpaired) electrons. The van der Waals surface area contributed by atoms with Gasteiger partial charge in [-0.3, -0.25) is 14.6 Å². The highest BCUT2D eigenvalue weighted by atomic mass is 79.9. The predicted molar refractivity (Wildman–Crippen MR) is 81.3 cm³/mol. The number of aromatic nitrogens is 1. The molecule has 1 aromatic rings. The molecule has 1 rings (SSSR count). The van der Waals surface area contributed by atoms with Crippen molar-refractivity contribution in [3.8, 4) is 6.07 Å². The van der Waals surface area contributed by atoms with Gasteiger partial charge in [-0.15, -0.1) is 0 Å². The normalized spacial score (nSPS) is 11.6. The van der Waals surface area contributed by atoms with Crippen LogP contribution in [0.2, 0.25) is 0 Å². The number of hydrogen-bond acceptors (Lipinski definition) is 4. The molecule has 112 valence electrons. The molecule has 1 aromatic heterocycles. The van der Waals surface area contributed by atoms with E-state index in [1.807, 2.05) is 19.9 Å². The van der Waals surface area contributed by atoms with Crippen LogP contribution in [0.1, 0.15) is 30.6 Å². The van der Waals surface area contributed by atoms with Gasteiger partial charge in [0.15, 0.2) is 0 Å². The van der Waals surface area contributed by atoms with Crippen molar-refractivity contribution in [3.63, 3.8) is 0 Å². The largest absolute Gasteiger partial charge is 0.341 e. The lowest BCUT2D eigenvalue weighted by Gasteiger charge is -2.19. The third-order valence-electron chi connectivity index (χ3n) is 2.64. The van der Waals surface area contributed by atoms with Crippen LogP contribution in [0.5, 0.6) is 0 Å². The van der Waals surface area contributed by atoms with Gasteiger partial charge < -0.3 is 10.6 Å². The lowest BCUT2D eigenvalue weighted by molar-refractivity contribution is -0.123. The maximum atomic E-state index is 12.2. The fraction of sp³-hybridized carbons (Fsp3) is 0.429. The van der Waals surface area contributed by atoms with E-state index >= 15 is 0 Å². The highest BCUT2D eigenvalue weighted by molar-refractivity contribution is 9.10. The molecule has 0 saturated carbocycles. The lowest BCUT2D eigenvalue weighted by atomic mass is 10.0. The van der Waals surface area contributed by atoms with Crippen molar-refractivity contribution < 1.29 is 9.59 Å².